The molecule has 0 saturated heterocycles. The molecular weight excluding hydrogens is 256 g/mol. The van der Waals surface area contributed by atoms with Crippen molar-refractivity contribution in [2.24, 2.45) is 0 Å². The van der Waals surface area contributed by atoms with E-state index in [1.165, 1.54) is 6.20 Å². The fourth-order valence-corrected chi connectivity index (χ4v) is 1.80. The predicted molar refractivity (Wildman–Crippen MR) is 71.9 cm³/mol. The minimum Gasteiger partial charge on any atom is -0.481 e. The number of nitriles is 1. The van der Waals surface area contributed by atoms with Crippen molar-refractivity contribution in [2.45, 2.75) is 13.0 Å². The van der Waals surface area contributed by atoms with Crippen molar-refractivity contribution >= 4 is 11.8 Å². The molecule has 0 amide bonds. The van der Waals surface area contributed by atoms with Crippen molar-refractivity contribution in [1.29, 1.82) is 5.26 Å². The maximum absolute atomic E-state index is 10.8. The maximum Gasteiger partial charge on any atom is 0.307 e. The number of anilines is 1. The normalized spacial score (nSPS) is 9.75. The van der Waals surface area contributed by atoms with Crippen LogP contribution in [0, 0.1) is 11.3 Å². The quantitative estimate of drug-likeness (QED) is 0.854. The summed E-state index contributed by atoms with van der Waals surface area (Å²) in [5.74, 6) is -0.491. The van der Waals surface area contributed by atoms with Crippen LogP contribution in [-0.2, 0) is 17.8 Å². The highest BCUT2D eigenvalue weighted by molar-refractivity contribution is 5.70. The molecule has 100 valence electrons. The molecule has 1 heterocycles. The average molecular weight is 268 g/mol. The first-order chi connectivity index (χ1) is 9.70. The lowest BCUT2D eigenvalue weighted by Crippen LogP contribution is -2.09. The minimum atomic E-state index is -0.880. The number of carbonyl (C=O) groups is 1. The first kappa shape index (κ1) is 13.5. The number of carboxylic acid groups (broad SMARTS) is 1. The molecule has 6 heteroatoms. The largest absolute Gasteiger partial charge is 0.481 e. The van der Waals surface area contributed by atoms with Crippen LogP contribution >= 0.6 is 0 Å². The smallest absolute Gasteiger partial charge is 0.307 e. The Morgan fingerprint density at radius 3 is 2.75 bits per heavy atom. The molecule has 2 aromatic rings. The van der Waals surface area contributed by atoms with Gasteiger partial charge in [0, 0.05) is 6.54 Å². The summed E-state index contributed by atoms with van der Waals surface area (Å²) >= 11 is 0. The highest BCUT2D eigenvalue weighted by atomic mass is 16.4. The van der Waals surface area contributed by atoms with E-state index in [9.17, 15) is 4.79 Å². The summed E-state index contributed by atoms with van der Waals surface area (Å²) < 4.78 is 0. The van der Waals surface area contributed by atoms with E-state index in [-0.39, 0.29) is 6.42 Å². The van der Waals surface area contributed by atoms with Gasteiger partial charge in [0.25, 0.3) is 0 Å². The topological polar surface area (TPSA) is 98.9 Å². The Labute approximate surface area is 115 Å². The Bertz CT molecular complexity index is 664. The van der Waals surface area contributed by atoms with Crippen LogP contribution in [0.1, 0.15) is 16.7 Å². The van der Waals surface area contributed by atoms with Gasteiger partial charge < -0.3 is 10.4 Å². The van der Waals surface area contributed by atoms with Gasteiger partial charge in [-0.25, -0.2) is 0 Å². The molecular formula is C14H12N4O2. The van der Waals surface area contributed by atoms with E-state index in [0.717, 1.165) is 11.1 Å². The van der Waals surface area contributed by atoms with Crippen LogP contribution in [0.15, 0.2) is 36.5 Å². The molecule has 2 N–H and O–H groups in total. The molecule has 20 heavy (non-hydrogen) atoms. The number of carboxylic acids is 1. The molecule has 0 spiro atoms. The van der Waals surface area contributed by atoms with Crippen LogP contribution < -0.4 is 5.32 Å². The van der Waals surface area contributed by atoms with Crippen LogP contribution in [-0.4, -0.2) is 21.3 Å². The fourth-order valence-electron chi connectivity index (χ4n) is 1.80. The zero-order chi connectivity index (χ0) is 14.4. The monoisotopic (exact) mass is 268 g/mol. The van der Waals surface area contributed by atoms with Gasteiger partial charge in [0.15, 0.2) is 5.82 Å². The summed E-state index contributed by atoms with van der Waals surface area (Å²) in [6, 6.07) is 10.8. The summed E-state index contributed by atoms with van der Waals surface area (Å²) in [6.07, 6.45) is 1.41. The Balaban J connectivity index is 2.15. The Hall–Kier alpha value is -2.94. The summed E-state index contributed by atoms with van der Waals surface area (Å²) in [6.45, 7) is 0.386. The number of hydrogen-bond donors (Lipinski definition) is 2. The Morgan fingerprint density at radius 2 is 2.05 bits per heavy atom. The van der Waals surface area contributed by atoms with Gasteiger partial charge in [-0.05, 0) is 17.2 Å². The average Bonchev–Trinajstić information content (AvgIpc) is 2.46. The van der Waals surface area contributed by atoms with Crippen LogP contribution in [0.25, 0.3) is 0 Å². The number of rotatable bonds is 5. The standard InChI is InChI=1S/C14H12N4O2/c15-8-11-5-6-17-18-14(11)16-9-12-4-2-1-3-10(12)7-13(19)20/h1-6H,7,9H2,(H,16,18)(H,19,20). The second-order valence-electron chi connectivity index (χ2n) is 4.10. The van der Waals surface area contributed by atoms with Gasteiger partial charge in [-0.15, -0.1) is 5.10 Å². The second kappa shape index (κ2) is 6.29. The number of aliphatic carboxylic acids is 1. The maximum atomic E-state index is 10.8. The lowest BCUT2D eigenvalue weighted by molar-refractivity contribution is -0.136. The number of hydrogen-bond acceptors (Lipinski definition) is 5. The van der Waals surface area contributed by atoms with E-state index in [4.69, 9.17) is 10.4 Å². The van der Waals surface area contributed by atoms with Crippen LogP contribution in [0.4, 0.5) is 5.82 Å². The lowest BCUT2D eigenvalue weighted by atomic mass is 10.0. The van der Waals surface area contributed by atoms with Crippen LogP contribution in [0.5, 0.6) is 0 Å². The van der Waals surface area contributed by atoms with Crippen molar-refractivity contribution in [3.63, 3.8) is 0 Å². The molecule has 0 unspecified atom stereocenters. The van der Waals surface area contributed by atoms with Crippen LogP contribution in [0.3, 0.4) is 0 Å². The first-order valence-electron chi connectivity index (χ1n) is 5.95. The summed E-state index contributed by atoms with van der Waals surface area (Å²) in [5.41, 5.74) is 1.98. The zero-order valence-electron chi connectivity index (χ0n) is 10.6. The van der Waals surface area contributed by atoms with E-state index in [0.29, 0.717) is 17.9 Å². The first-order valence-corrected chi connectivity index (χ1v) is 5.95. The highest BCUT2D eigenvalue weighted by Crippen LogP contribution is 2.14. The number of benzene rings is 1. The molecule has 0 bridgehead atoms. The summed E-state index contributed by atoms with van der Waals surface area (Å²) in [7, 11) is 0. The number of nitrogens with zero attached hydrogens (tertiary/aromatic N) is 3. The van der Waals surface area contributed by atoms with Gasteiger partial charge >= 0.3 is 5.97 Å². The van der Waals surface area contributed by atoms with Crippen molar-refractivity contribution < 1.29 is 9.90 Å². The zero-order valence-corrected chi connectivity index (χ0v) is 10.6. The Morgan fingerprint density at radius 1 is 1.30 bits per heavy atom. The molecule has 1 aromatic heterocycles. The summed E-state index contributed by atoms with van der Waals surface area (Å²) in [4.78, 5) is 10.8. The molecule has 0 radical (unpaired) electrons. The molecule has 6 nitrogen and oxygen atoms in total. The van der Waals surface area contributed by atoms with Gasteiger partial charge in [0.05, 0.1) is 18.2 Å². The third-order valence-corrected chi connectivity index (χ3v) is 2.75. The second-order valence-corrected chi connectivity index (χ2v) is 4.10. The van der Waals surface area contributed by atoms with E-state index in [1.807, 2.05) is 18.2 Å². The van der Waals surface area contributed by atoms with Gasteiger partial charge in [-0.2, -0.15) is 10.4 Å². The lowest BCUT2D eigenvalue weighted by Gasteiger charge is -2.10. The molecule has 0 fully saturated rings. The van der Waals surface area contributed by atoms with Gasteiger partial charge in [0.1, 0.15) is 6.07 Å². The third kappa shape index (κ3) is 3.29. The molecule has 1 aromatic carbocycles. The van der Waals surface area contributed by atoms with Crippen LogP contribution in [0.2, 0.25) is 0 Å². The highest BCUT2D eigenvalue weighted by Gasteiger charge is 2.08. The van der Waals surface area contributed by atoms with E-state index in [2.05, 4.69) is 15.5 Å². The van der Waals surface area contributed by atoms with Gasteiger partial charge in [0.2, 0.25) is 0 Å². The van der Waals surface area contributed by atoms with Crippen molar-refractivity contribution in [2.75, 3.05) is 5.32 Å². The number of nitrogens with one attached hydrogen (secondary N) is 1. The molecule has 0 aliphatic carbocycles. The van der Waals surface area contributed by atoms with E-state index >= 15 is 0 Å². The SMILES string of the molecule is N#Cc1ccnnc1NCc1ccccc1CC(=O)O. The summed E-state index contributed by atoms with van der Waals surface area (Å²) in [5, 5.41) is 28.4. The number of aromatic nitrogens is 2. The van der Waals surface area contributed by atoms with Gasteiger partial charge in [-0.1, -0.05) is 24.3 Å². The fraction of sp³-hybridized carbons (Fsp3) is 0.143. The van der Waals surface area contributed by atoms with Crippen molar-refractivity contribution in [3.8, 4) is 6.07 Å². The molecule has 0 aliphatic heterocycles. The molecule has 0 saturated carbocycles. The minimum absolute atomic E-state index is 0.0383. The molecule has 2 rings (SSSR count). The van der Waals surface area contributed by atoms with E-state index < -0.39 is 5.97 Å². The van der Waals surface area contributed by atoms with Gasteiger partial charge in [-0.3, -0.25) is 4.79 Å². The predicted octanol–water partition coefficient (Wildman–Crippen LogP) is 1.59. The molecule has 0 atom stereocenters. The van der Waals surface area contributed by atoms with Crippen molar-refractivity contribution in [3.05, 3.63) is 53.2 Å². The molecule has 0 aliphatic rings. The Kier molecular flexibility index (Phi) is 4.24. The third-order valence-electron chi connectivity index (χ3n) is 2.75. The van der Waals surface area contributed by atoms with E-state index in [1.54, 1.807) is 18.2 Å². The van der Waals surface area contributed by atoms with Crippen molar-refractivity contribution in [1.82, 2.24) is 10.2 Å².